The van der Waals surface area contributed by atoms with Crippen LogP contribution in [0.1, 0.15) is 24.8 Å². The summed E-state index contributed by atoms with van der Waals surface area (Å²) in [7, 11) is 1.53. The van der Waals surface area contributed by atoms with E-state index in [4.69, 9.17) is 16.3 Å². The molecule has 1 unspecified atom stereocenters. The molecular weight excluding hydrogens is 487 g/mol. The highest BCUT2D eigenvalue weighted by atomic mass is 35.5. The Balaban J connectivity index is 1.33. The van der Waals surface area contributed by atoms with Crippen LogP contribution in [0.2, 0.25) is 5.02 Å². The van der Waals surface area contributed by atoms with Crippen LogP contribution in [0.25, 0.3) is 0 Å². The van der Waals surface area contributed by atoms with E-state index in [0.717, 1.165) is 5.56 Å². The van der Waals surface area contributed by atoms with E-state index in [1.54, 1.807) is 26.8 Å². The summed E-state index contributed by atoms with van der Waals surface area (Å²) in [5.74, 6) is 0.212. The van der Waals surface area contributed by atoms with Crippen LogP contribution in [-0.4, -0.2) is 92.6 Å². The molecule has 0 aromatic heterocycles. The fourth-order valence-electron chi connectivity index (χ4n) is 5.71. The molecule has 4 aliphatic rings. The van der Waals surface area contributed by atoms with E-state index in [1.807, 2.05) is 0 Å². The molecule has 4 heterocycles. The van der Waals surface area contributed by atoms with Crippen molar-refractivity contribution in [2.45, 2.75) is 37.0 Å². The topological polar surface area (TPSA) is 77.5 Å². The van der Waals surface area contributed by atoms with Crippen LogP contribution in [0.15, 0.2) is 17.1 Å². The first-order valence-corrected chi connectivity index (χ1v) is 12.1. The van der Waals surface area contributed by atoms with Gasteiger partial charge in [0.25, 0.3) is 0 Å². The van der Waals surface area contributed by atoms with Gasteiger partial charge in [0.1, 0.15) is 17.6 Å². The van der Waals surface area contributed by atoms with Crippen molar-refractivity contribution in [2.75, 3.05) is 57.8 Å². The lowest BCUT2D eigenvalue weighted by Crippen LogP contribution is -2.53. The molecule has 1 spiro atoms. The van der Waals surface area contributed by atoms with Gasteiger partial charge in [-0.3, -0.25) is 19.5 Å². The maximum absolute atomic E-state index is 13.8. The second-order valence-corrected chi connectivity index (χ2v) is 9.78. The number of amides is 2. The van der Waals surface area contributed by atoms with Gasteiger partial charge in [0, 0.05) is 43.2 Å². The Bertz CT molecular complexity index is 1070. The molecule has 0 radical (unpaired) electrons. The summed E-state index contributed by atoms with van der Waals surface area (Å²) in [6.45, 7) is 2.00. The van der Waals surface area contributed by atoms with E-state index in [2.05, 4.69) is 10.3 Å². The summed E-state index contributed by atoms with van der Waals surface area (Å²) in [4.78, 5) is 35.4. The highest BCUT2D eigenvalue weighted by Gasteiger charge is 2.53. The zero-order valence-corrected chi connectivity index (χ0v) is 20.1. The number of halogens is 4. The van der Waals surface area contributed by atoms with Crippen LogP contribution >= 0.6 is 11.6 Å². The molecule has 12 heteroatoms. The number of fused-ring (bicyclic) bond motifs is 3. The van der Waals surface area contributed by atoms with Gasteiger partial charge in [-0.25, -0.2) is 0 Å². The molecule has 8 nitrogen and oxygen atoms in total. The van der Waals surface area contributed by atoms with Crippen molar-refractivity contribution in [3.8, 4) is 5.75 Å². The first-order chi connectivity index (χ1) is 16.7. The predicted molar refractivity (Wildman–Crippen MR) is 124 cm³/mol. The minimum Gasteiger partial charge on any atom is -0.495 e. The van der Waals surface area contributed by atoms with Gasteiger partial charge in [-0.1, -0.05) is 11.6 Å². The second-order valence-electron chi connectivity index (χ2n) is 9.38. The third-order valence-electron chi connectivity index (χ3n) is 7.52. The van der Waals surface area contributed by atoms with Gasteiger partial charge in [0.2, 0.25) is 11.8 Å². The average Bonchev–Trinajstić information content (AvgIpc) is 3.37. The minimum atomic E-state index is -4.46. The molecule has 35 heavy (non-hydrogen) atoms. The Morgan fingerprint density at radius 2 is 2.03 bits per heavy atom. The van der Waals surface area contributed by atoms with Crippen LogP contribution in [0.4, 0.5) is 18.9 Å². The summed E-state index contributed by atoms with van der Waals surface area (Å²) in [6.07, 6.45) is -3.91. The molecule has 0 bridgehead atoms. The van der Waals surface area contributed by atoms with Crippen molar-refractivity contribution < 1.29 is 27.5 Å². The molecular formula is C23H27ClF3N5O3. The van der Waals surface area contributed by atoms with Crippen LogP contribution in [0.5, 0.6) is 5.75 Å². The monoisotopic (exact) mass is 513 g/mol. The van der Waals surface area contributed by atoms with E-state index < -0.39 is 23.5 Å². The first-order valence-electron chi connectivity index (χ1n) is 11.7. The van der Waals surface area contributed by atoms with E-state index in [9.17, 15) is 22.8 Å². The Morgan fingerprint density at radius 1 is 1.29 bits per heavy atom. The number of ether oxygens (including phenoxy) is 1. The number of aliphatic imine (C=N–C) groups is 1. The maximum atomic E-state index is 13.8. The Hall–Kier alpha value is -2.37. The molecule has 5 rings (SSSR count). The van der Waals surface area contributed by atoms with Crippen LogP contribution in [0, 0.1) is 0 Å². The van der Waals surface area contributed by atoms with Crippen molar-refractivity contribution >= 4 is 34.8 Å². The molecule has 1 aromatic carbocycles. The van der Waals surface area contributed by atoms with Gasteiger partial charge >= 0.3 is 6.18 Å². The molecule has 2 fully saturated rings. The molecule has 0 aliphatic carbocycles. The number of anilines is 1. The third-order valence-corrected chi connectivity index (χ3v) is 7.83. The summed E-state index contributed by atoms with van der Waals surface area (Å²) >= 11 is 6.60. The molecule has 2 amide bonds. The predicted octanol–water partition coefficient (Wildman–Crippen LogP) is 2.19. The van der Waals surface area contributed by atoms with Crippen molar-refractivity contribution in [3.05, 3.63) is 22.7 Å². The first kappa shape index (κ1) is 24.3. The lowest BCUT2D eigenvalue weighted by molar-refractivity contribution is -0.133. The number of hydrogen-bond acceptors (Lipinski definition) is 6. The molecule has 1 atom stereocenters. The number of piperazine rings is 1. The number of piperidine rings is 1. The number of benzene rings is 1. The zero-order chi connectivity index (χ0) is 25.0. The normalized spacial score (nSPS) is 24.0. The quantitative estimate of drug-likeness (QED) is 0.668. The largest absolute Gasteiger partial charge is 0.495 e. The van der Waals surface area contributed by atoms with Gasteiger partial charge < -0.3 is 19.9 Å². The Kier molecular flexibility index (Phi) is 6.21. The summed E-state index contributed by atoms with van der Waals surface area (Å²) in [5.41, 5.74) is -0.189. The van der Waals surface area contributed by atoms with Crippen LogP contribution in [-0.2, 0) is 15.0 Å². The van der Waals surface area contributed by atoms with Gasteiger partial charge in [-0.15, -0.1) is 0 Å². The van der Waals surface area contributed by atoms with Crippen LogP contribution < -0.4 is 15.0 Å². The minimum absolute atomic E-state index is 0.0394. The summed E-state index contributed by atoms with van der Waals surface area (Å²) < 4.78 is 44.7. The molecule has 1 N–H and O–H groups in total. The highest BCUT2D eigenvalue weighted by molar-refractivity contribution is 6.33. The third kappa shape index (κ3) is 4.07. The summed E-state index contributed by atoms with van der Waals surface area (Å²) in [6, 6.07) is 3.46. The van der Waals surface area contributed by atoms with Crippen molar-refractivity contribution in [1.29, 1.82) is 0 Å². The van der Waals surface area contributed by atoms with Gasteiger partial charge in [0.05, 0.1) is 24.8 Å². The second kappa shape index (κ2) is 8.94. The van der Waals surface area contributed by atoms with E-state index in [0.29, 0.717) is 55.5 Å². The van der Waals surface area contributed by atoms with Crippen molar-refractivity contribution in [2.24, 2.45) is 4.99 Å². The fraction of sp³-hybridized carbons (Fsp3) is 0.609. The van der Waals surface area contributed by atoms with Gasteiger partial charge in [-0.05, 0) is 38.1 Å². The number of nitrogens with one attached hydrogen (secondary N) is 1. The smallest absolute Gasteiger partial charge is 0.430 e. The molecule has 190 valence electrons. The lowest BCUT2D eigenvalue weighted by Gasteiger charge is -2.36. The van der Waals surface area contributed by atoms with Gasteiger partial charge in [-0.2, -0.15) is 13.2 Å². The Morgan fingerprint density at radius 3 is 2.71 bits per heavy atom. The number of carbonyl (C=O) groups excluding carboxylic acids is 2. The molecule has 4 aliphatic heterocycles. The van der Waals surface area contributed by atoms with E-state index >= 15 is 0 Å². The SMILES string of the molecule is COc1ccc(Cl)c2c1N(CCC(=O)N1CCN3CC(C(F)(F)F)=NC3C1)C(=O)C21CCNCC1. The maximum Gasteiger partial charge on any atom is 0.430 e. The van der Waals surface area contributed by atoms with Crippen LogP contribution in [0.3, 0.4) is 0 Å². The van der Waals surface area contributed by atoms with Crippen molar-refractivity contribution in [1.82, 2.24) is 15.1 Å². The number of nitrogens with zero attached hydrogens (tertiary/aromatic N) is 4. The lowest BCUT2D eigenvalue weighted by atomic mass is 9.74. The number of hydrogen-bond donors (Lipinski definition) is 1. The number of methoxy groups -OCH3 is 1. The van der Waals surface area contributed by atoms with E-state index in [-0.39, 0.29) is 37.9 Å². The highest BCUT2D eigenvalue weighted by Crippen LogP contribution is 2.53. The number of rotatable bonds is 4. The standard InChI is InChI=1S/C23H27ClF3N5O3/c1-35-15-3-2-14(24)19-20(15)32(21(34)22(19)5-7-28-8-6-22)9-4-18(33)31-11-10-30-12-16(23(25,26)27)29-17(30)13-31/h2-3,17,28H,4-13H2,1H3. The Labute approximate surface area is 206 Å². The van der Waals surface area contributed by atoms with Gasteiger partial charge in [0.15, 0.2) is 0 Å². The number of alkyl halides is 3. The molecule has 1 aromatic rings. The fourth-order valence-corrected chi connectivity index (χ4v) is 6.04. The number of carbonyl (C=O) groups is 2. The van der Waals surface area contributed by atoms with Crippen molar-refractivity contribution in [3.63, 3.8) is 0 Å². The molecule has 0 saturated carbocycles. The zero-order valence-electron chi connectivity index (χ0n) is 19.3. The van der Waals surface area contributed by atoms with E-state index in [1.165, 1.54) is 7.11 Å². The molecule has 2 saturated heterocycles. The summed E-state index contributed by atoms with van der Waals surface area (Å²) in [5, 5.41) is 3.78. The average molecular weight is 514 g/mol.